The lowest BCUT2D eigenvalue weighted by atomic mass is 10.0. The Balaban J connectivity index is 2.09. The lowest BCUT2D eigenvalue weighted by molar-refractivity contribution is 0.416. The average molecular weight is 298 g/mol. The standard InChI is InChI=1S/C15H17ClFNS/c1-10(2)15(14-4-3-7-19-14)18-9-11-8-12(17)5-6-13(11)16/h3-8,10,15,18H,9H2,1-2H3. The van der Waals surface area contributed by atoms with E-state index in [9.17, 15) is 4.39 Å². The second kappa shape index (κ2) is 6.51. The molecule has 0 bridgehead atoms. The van der Waals surface area contributed by atoms with E-state index in [4.69, 9.17) is 11.6 Å². The Hall–Kier alpha value is -0.900. The zero-order valence-electron chi connectivity index (χ0n) is 11.0. The summed E-state index contributed by atoms with van der Waals surface area (Å²) in [5.41, 5.74) is 0.795. The fraction of sp³-hybridized carbons (Fsp3) is 0.333. The van der Waals surface area contributed by atoms with Gasteiger partial charge in [-0.3, -0.25) is 0 Å². The Kier molecular flexibility index (Phi) is 4.97. The lowest BCUT2D eigenvalue weighted by Crippen LogP contribution is -2.24. The molecule has 102 valence electrons. The molecule has 0 amide bonds. The summed E-state index contributed by atoms with van der Waals surface area (Å²) in [6.45, 7) is 4.91. The molecule has 1 N–H and O–H groups in total. The van der Waals surface area contributed by atoms with Crippen LogP contribution >= 0.6 is 22.9 Å². The van der Waals surface area contributed by atoms with Gasteiger partial charge in [-0.05, 0) is 41.1 Å². The highest BCUT2D eigenvalue weighted by atomic mass is 35.5. The van der Waals surface area contributed by atoms with Crippen LogP contribution in [0, 0.1) is 11.7 Å². The Morgan fingerprint density at radius 3 is 2.74 bits per heavy atom. The van der Waals surface area contributed by atoms with Crippen LogP contribution in [0.1, 0.15) is 30.3 Å². The van der Waals surface area contributed by atoms with Gasteiger partial charge in [0.2, 0.25) is 0 Å². The van der Waals surface area contributed by atoms with E-state index >= 15 is 0 Å². The van der Waals surface area contributed by atoms with Crippen molar-refractivity contribution < 1.29 is 4.39 Å². The summed E-state index contributed by atoms with van der Waals surface area (Å²) in [5, 5.41) is 6.14. The fourth-order valence-electron chi connectivity index (χ4n) is 2.03. The monoisotopic (exact) mass is 297 g/mol. The lowest BCUT2D eigenvalue weighted by Gasteiger charge is -2.21. The Morgan fingerprint density at radius 2 is 2.11 bits per heavy atom. The summed E-state index contributed by atoms with van der Waals surface area (Å²) in [5.74, 6) is 0.212. The van der Waals surface area contributed by atoms with Crippen LogP contribution in [0.3, 0.4) is 0 Å². The Bertz CT molecular complexity index is 525. The van der Waals surface area contributed by atoms with Crippen LogP contribution in [0.5, 0.6) is 0 Å². The van der Waals surface area contributed by atoms with Crippen LogP contribution in [0.25, 0.3) is 0 Å². The fourth-order valence-corrected chi connectivity index (χ4v) is 3.19. The number of hydrogen-bond donors (Lipinski definition) is 1. The highest BCUT2D eigenvalue weighted by Crippen LogP contribution is 2.27. The maximum absolute atomic E-state index is 13.2. The molecule has 4 heteroatoms. The molecule has 0 fully saturated rings. The summed E-state index contributed by atoms with van der Waals surface area (Å²) < 4.78 is 13.2. The summed E-state index contributed by atoms with van der Waals surface area (Å²) in [7, 11) is 0. The number of halogens is 2. The van der Waals surface area contributed by atoms with Crippen molar-refractivity contribution in [2.45, 2.75) is 26.4 Å². The van der Waals surface area contributed by atoms with E-state index in [2.05, 4.69) is 30.6 Å². The summed E-state index contributed by atoms with van der Waals surface area (Å²) in [6, 6.07) is 8.90. The zero-order valence-corrected chi connectivity index (χ0v) is 12.6. The minimum Gasteiger partial charge on any atom is -0.305 e. The van der Waals surface area contributed by atoms with E-state index in [0.29, 0.717) is 17.5 Å². The van der Waals surface area contributed by atoms with Gasteiger partial charge in [0.25, 0.3) is 0 Å². The minimum atomic E-state index is -0.251. The van der Waals surface area contributed by atoms with E-state index in [-0.39, 0.29) is 11.9 Å². The molecule has 0 spiro atoms. The van der Waals surface area contributed by atoms with E-state index in [1.165, 1.54) is 17.0 Å². The summed E-state index contributed by atoms with van der Waals surface area (Å²) >= 11 is 7.81. The van der Waals surface area contributed by atoms with Gasteiger partial charge in [-0.15, -0.1) is 11.3 Å². The first-order chi connectivity index (χ1) is 9.08. The highest BCUT2D eigenvalue weighted by molar-refractivity contribution is 7.10. The van der Waals surface area contributed by atoms with Crippen molar-refractivity contribution in [2.75, 3.05) is 0 Å². The SMILES string of the molecule is CC(C)C(NCc1cc(F)ccc1Cl)c1cccs1. The van der Waals surface area contributed by atoms with Gasteiger partial charge in [-0.2, -0.15) is 0 Å². The summed E-state index contributed by atoms with van der Waals surface area (Å²) in [4.78, 5) is 1.29. The van der Waals surface area contributed by atoms with Crippen molar-refractivity contribution >= 4 is 22.9 Å². The second-order valence-electron chi connectivity index (χ2n) is 4.85. The molecule has 1 atom stereocenters. The molecule has 0 saturated carbocycles. The molecule has 1 aromatic carbocycles. The van der Waals surface area contributed by atoms with E-state index in [0.717, 1.165) is 5.56 Å². The Labute approximate surface area is 122 Å². The number of nitrogens with one attached hydrogen (secondary N) is 1. The third-order valence-corrected chi connectivity index (χ3v) is 4.36. The zero-order chi connectivity index (χ0) is 13.8. The van der Waals surface area contributed by atoms with Gasteiger partial charge >= 0.3 is 0 Å². The van der Waals surface area contributed by atoms with Crippen LogP contribution in [0.2, 0.25) is 5.02 Å². The Morgan fingerprint density at radius 1 is 1.32 bits per heavy atom. The maximum Gasteiger partial charge on any atom is 0.123 e. The van der Waals surface area contributed by atoms with Gasteiger partial charge < -0.3 is 5.32 Å². The van der Waals surface area contributed by atoms with Gasteiger partial charge in [0, 0.05) is 22.5 Å². The molecule has 1 aromatic heterocycles. The van der Waals surface area contributed by atoms with E-state index < -0.39 is 0 Å². The number of benzene rings is 1. The highest BCUT2D eigenvalue weighted by Gasteiger charge is 2.16. The first-order valence-electron chi connectivity index (χ1n) is 6.28. The first kappa shape index (κ1) is 14.5. The van der Waals surface area contributed by atoms with Crippen molar-refractivity contribution in [2.24, 2.45) is 5.92 Å². The van der Waals surface area contributed by atoms with Crippen LogP contribution in [0.4, 0.5) is 4.39 Å². The van der Waals surface area contributed by atoms with Crippen molar-refractivity contribution in [3.8, 4) is 0 Å². The van der Waals surface area contributed by atoms with Crippen molar-refractivity contribution in [1.82, 2.24) is 5.32 Å². The predicted octanol–water partition coefficient (Wildman–Crippen LogP) is 5.03. The van der Waals surface area contributed by atoms with Crippen LogP contribution in [-0.2, 0) is 6.54 Å². The quantitative estimate of drug-likeness (QED) is 0.816. The molecule has 2 rings (SSSR count). The number of thiophene rings is 1. The van der Waals surface area contributed by atoms with Crippen molar-refractivity contribution in [1.29, 1.82) is 0 Å². The molecule has 1 nitrogen and oxygen atoms in total. The molecular weight excluding hydrogens is 281 g/mol. The smallest absolute Gasteiger partial charge is 0.123 e. The molecule has 0 aliphatic rings. The number of rotatable bonds is 5. The van der Waals surface area contributed by atoms with Gasteiger partial charge in [-0.25, -0.2) is 4.39 Å². The van der Waals surface area contributed by atoms with E-state index in [1.54, 1.807) is 17.4 Å². The third-order valence-electron chi connectivity index (χ3n) is 3.04. The summed E-state index contributed by atoms with van der Waals surface area (Å²) in [6.07, 6.45) is 0. The molecule has 2 aromatic rings. The topological polar surface area (TPSA) is 12.0 Å². The molecular formula is C15H17ClFNS. The first-order valence-corrected chi connectivity index (χ1v) is 7.54. The average Bonchev–Trinajstić information content (AvgIpc) is 2.87. The van der Waals surface area contributed by atoms with Crippen LogP contribution in [0.15, 0.2) is 35.7 Å². The van der Waals surface area contributed by atoms with Crippen LogP contribution < -0.4 is 5.32 Å². The molecule has 19 heavy (non-hydrogen) atoms. The van der Waals surface area contributed by atoms with Gasteiger partial charge in [0.15, 0.2) is 0 Å². The molecule has 0 radical (unpaired) electrons. The normalized spacial score (nSPS) is 12.9. The largest absolute Gasteiger partial charge is 0.305 e. The molecule has 1 heterocycles. The van der Waals surface area contributed by atoms with Gasteiger partial charge in [-0.1, -0.05) is 31.5 Å². The van der Waals surface area contributed by atoms with Crippen LogP contribution in [-0.4, -0.2) is 0 Å². The van der Waals surface area contributed by atoms with E-state index in [1.807, 2.05) is 6.07 Å². The molecule has 0 aliphatic carbocycles. The maximum atomic E-state index is 13.2. The van der Waals surface area contributed by atoms with Gasteiger partial charge in [0.1, 0.15) is 5.82 Å². The number of hydrogen-bond acceptors (Lipinski definition) is 2. The molecule has 0 saturated heterocycles. The minimum absolute atomic E-state index is 0.251. The second-order valence-corrected chi connectivity index (χ2v) is 6.24. The van der Waals surface area contributed by atoms with Crippen molar-refractivity contribution in [3.63, 3.8) is 0 Å². The van der Waals surface area contributed by atoms with Gasteiger partial charge in [0.05, 0.1) is 0 Å². The molecule has 0 aliphatic heterocycles. The third kappa shape index (κ3) is 3.78. The van der Waals surface area contributed by atoms with Crippen molar-refractivity contribution in [3.05, 3.63) is 57.0 Å². The predicted molar refractivity (Wildman–Crippen MR) is 80.1 cm³/mol. The molecule has 1 unspecified atom stereocenters.